The predicted octanol–water partition coefficient (Wildman–Crippen LogP) is 1.40. The molecule has 0 spiro atoms. The van der Waals surface area contributed by atoms with Crippen LogP contribution in [0.25, 0.3) is 0 Å². The summed E-state index contributed by atoms with van der Waals surface area (Å²) in [7, 11) is 3.53. The second-order valence-corrected chi connectivity index (χ2v) is 8.22. The average Bonchev–Trinajstić information content (AvgIpc) is 3.16. The minimum atomic E-state index is 0.00650. The molecule has 7 nitrogen and oxygen atoms in total. The molecule has 7 heteroatoms. The van der Waals surface area contributed by atoms with Gasteiger partial charge in [-0.2, -0.15) is 0 Å². The molecule has 2 aliphatic heterocycles. The Kier molecular flexibility index (Phi) is 7.50. The van der Waals surface area contributed by atoms with E-state index in [1.165, 1.54) is 5.56 Å². The fraction of sp³-hybridized carbons (Fsp3) is 0.636. The molecule has 160 valence electrons. The second-order valence-electron chi connectivity index (χ2n) is 8.22. The number of hydrogen-bond donors (Lipinski definition) is 1. The van der Waals surface area contributed by atoms with Gasteiger partial charge in [0.1, 0.15) is 6.54 Å². The molecule has 0 saturated carbocycles. The van der Waals surface area contributed by atoms with E-state index in [2.05, 4.69) is 64.3 Å². The average molecular weight is 402 g/mol. The number of hydrogen-bond acceptors (Lipinski definition) is 4. The van der Waals surface area contributed by atoms with Crippen molar-refractivity contribution in [1.82, 2.24) is 20.0 Å². The maximum absolute atomic E-state index is 12.1. The quantitative estimate of drug-likeness (QED) is 0.577. The van der Waals surface area contributed by atoms with Gasteiger partial charge in [0.15, 0.2) is 5.96 Å². The van der Waals surface area contributed by atoms with Gasteiger partial charge in [-0.15, -0.1) is 0 Å². The summed E-state index contributed by atoms with van der Waals surface area (Å²) in [5.74, 6) is 0.819. The fourth-order valence-electron chi connectivity index (χ4n) is 3.79. The van der Waals surface area contributed by atoms with E-state index < -0.39 is 0 Å². The van der Waals surface area contributed by atoms with Crippen LogP contribution in [0.1, 0.15) is 25.8 Å². The van der Waals surface area contributed by atoms with Gasteiger partial charge < -0.3 is 19.9 Å². The number of carbonyl (C=O) groups excluding carboxylic acids is 1. The molecule has 29 heavy (non-hydrogen) atoms. The molecule has 2 aliphatic rings. The third-order valence-corrected chi connectivity index (χ3v) is 5.80. The highest BCUT2D eigenvalue weighted by atomic mass is 16.5. The molecule has 1 aromatic carbocycles. The molecule has 0 radical (unpaired) electrons. The highest BCUT2D eigenvalue weighted by Gasteiger charge is 2.41. The number of morpholine rings is 1. The lowest BCUT2D eigenvalue weighted by molar-refractivity contribution is -0.127. The Bertz CT molecular complexity index is 694. The van der Waals surface area contributed by atoms with Gasteiger partial charge in [-0.3, -0.25) is 9.69 Å². The number of amides is 1. The van der Waals surface area contributed by atoms with Gasteiger partial charge in [-0.05, 0) is 18.9 Å². The molecule has 0 bridgehead atoms. The van der Waals surface area contributed by atoms with Crippen LogP contribution in [0.2, 0.25) is 0 Å². The van der Waals surface area contributed by atoms with Crippen molar-refractivity contribution in [3.63, 3.8) is 0 Å². The second kappa shape index (κ2) is 10.1. The Labute approximate surface area is 174 Å². The molecule has 1 amide bonds. The number of likely N-dealkylation sites (tertiary alicyclic amines) is 1. The number of benzene rings is 1. The van der Waals surface area contributed by atoms with Gasteiger partial charge in [-0.25, -0.2) is 4.99 Å². The molecular formula is C22H35N5O2. The van der Waals surface area contributed by atoms with Crippen LogP contribution in [-0.4, -0.2) is 91.6 Å². The largest absolute Gasteiger partial charge is 0.373 e. The van der Waals surface area contributed by atoms with Crippen molar-refractivity contribution in [3.05, 3.63) is 35.9 Å². The Balaban J connectivity index is 1.71. The normalized spacial score (nSPS) is 23.6. The van der Waals surface area contributed by atoms with Crippen molar-refractivity contribution in [3.8, 4) is 0 Å². The number of nitrogens with one attached hydrogen (secondary N) is 1. The molecule has 2 saturated heterocycles. The van der Waals surface area contributed by atoms with Crippen LogP contribution in [0.5, 0.6) is 0 Å². The summed E-state index contributed by atoms with van der Waals surface area (Å²) >= 11 is 0. The summed E-state index contributed by atoms with van der Waals surface area (Å²) in [5.41, 5.74) is 1.33. The fourth-order valence-corrected chi connectivity index (χ4v) is 3.79. The highest BCUT2D eigenvalue weighted by Crippen LogP contribution is 2.24. The zero-order valence-corrected chi connectivity index (χ0v) is 18.2. The number of likely N-dealkylation sites (N-methyl/N-ethyl adjacent to an activating group) is 1. The zero-order chi connectivity index (χ0) is 20.8. The van der Waals surface area contributed by atoms with Crippen LogP contribution in [-0.2, 0) is 16.1 Å². The summed E-state index contributed by atoms with van der Waals surface area (Å²) in [6.07, 6.45) is 1.17. The first-order valence-electron chi connectivity index (χ1n) is 10.6. The minimum Gasteiger partial charge on any atom is -0.373 e. The maximum Gasteiger partial charge on any atom is 0.243 e. The lowest BCUT2D eigenvalue weighted by Gasteiger charge is -2.36. The summed E-state index contributed by atoms with van der Waals surface area (Å²) < 4.78 is 6.10. The topological polar surface area (TPSA) is 60.4 Å². The van der Waals surface area contributed by atoms with Crippen LogP contribution in [0, 0.1) is 0 Å². The van der Waals surface area contributed by atoms with Gasteiger partial charge in [-0.1, -0.05) is 37.3 Å². The summed E-state index contributed by atoms with van der Waals surface area (Å²) in [6.45, 7) is 8.74. The van der Waals surface area contributed by atoms with Gasteiger partial charge >= 0.3 is 0 Å². The number of rotatable bonds is 6. The van der Waals surface area contributed by atoms with Crippen LogP contribution in [0.4, 0.5) is 0 Å². The van der Waals surface area contributed by atoms with Crippen molar-refractivity contribution in [2.45, 2.75) is 45.0 Å². The van der Waals surface area contributed by atoms with E-state index in [9.17, 15) is 4.79 Å². The Morgan fingerprint density at radius 2 is 2.07 bits per heavy atom. The van der Waals surface area contributed by atoms with Gasteiger partial charge in [0.2, 0.25) is 5.91 Å². The lowest BCUT2D eigenvalue weighted by Crippen LogP contribution is -2.50. The highest BCUT2D eigenvalue weighted by molar-refractivity contribution is 5.85. The van der Waals surface area contributed by atoms with Crippen LogP contribution < -0.4 is 5.32 Å². The molecule has 3 unspecified atom stereocenters. The summed E-state index contributed by atoms with van der Waals surface area (Å²) in [6, 6.07) is 11.2. The predicted molar refractivity (Wildman–Crippen MR) is 116 cm³/mol. The van der Waals surface area contributed by atoms with Gasteiger partial charge in [0, 0.05) is 46.3 Å². The van der Waals surface area contributed by atoms with E-state index >= 15 is 0 Å². The van der Waals surface area contributed by atoms with Crippen molar-refractivity contribution in [1.29, 1.82) is 0 Å². The summed E-state index contributed by atoms with van der Waals surface area (Å²) in [5, 5.41) is 3.51. The van der Waals surface area contributed by atoms with Crippen molar-refractivity contribution < 1.29 is 9.53 Å². The lowest BCUT2D eigenvalue weighted by atomic mass is 10.1. The van der Waals surface area contributed by atoms with E-state index in [0.29, 0.717) is 12.1 Å². The number of aliphatic imine (C=N–C) groups is 1. The zero-order valence-electron chi connectivity index (χ0n) is 18.2. The number of nitrogens with zero attached hydrogens (tertiary/aromatic N) is 4. The molecular weight excluding hydrogens is 366 g/mol. The molecule has 0 aromatic heterocycles. The SMILES string of the molecule is CCC(C)NC(=NCC(=O)N(C)C)N1CC2OCCN(Cc3ccccc3)C2C1. The molecule has 3 rings (SSSR count). The van der Waals surface area contributed by atoms with Crippen molar-refractivity contribution in [2.24, 2.45) is 4.99 Å². The van der Waals surface area contributed by atoms with Gasteiger partial charge in [0.05, 0.1) is 18.8 Å². The third kappa shape index (κ3) is 5.70. The Morgan fingerprint density at radius 1 is 1.31 bits per heavy atom. The van der Waals surface area contributed by atoms with Crippen molar-refractivity contribution >= 4 is 11.9 Å². The third-order valence-electron chi connectivity index (χ3n) is 5.80. The van der Waals surface area contributed by atoms with E-state index in [1.807, 2.05) is 0 Å². The van der Waals surface area contributed by atoms with E-state index in [4.69, 9.17) is 4.74 Å². The number of fused-ring (bicyclic) bond motifs is 1. The number of ether oxygens (including phenoxy) is 1. The van der Waals surface area contributed by atoms with Crippen LogP contribution in [0.15, 0.2) is 35.3 Å². The van der Waals surface area contributed by atoms with E-state index in [1.54, 1.807) is 19.0 Å². The number of carbonyl (C=O) groups is 1. The first kappa shape index (κ1) is 21.6. The molecule has 1 N–H and O–H groups in total. The molecule has 2 fully saturated rings. The van der Waals surface area contributed by atoms with E-state index in [0.717, 1.165) is 45.2 Å². The first-order chi connectivity index (χ1) is 14.0. The Hall–Kier alpha value is -2.12. The molecule has 1 aromatic rings. The molecule has 2 heterocycles. The standard InChI is InChI=1S/C22H35N5O2/c1-5-17(2)24-22(23-13-21(28)25(3)4)27-15-19-20(16-27)29-12-11-26(19)14-18-9-7-6-8-10-18/h6-10,17,19-20H,5,11-16H2,1-4H3,(H,23,24). The van der Waals surface area contributed by atoms with Crippen LogP contribution in [0.3, 0.4) is 0 Å². The van der Waals surface area contributed by atoms with Crippen LogP contribution >= 0.6 is 0 Å². The minimum absolute atomic E-state index is 0.00650. The molecule has 3 atom stereocenters. The monoisotopic (exact) mass is 401 g/mol. The maximum atomic E-state index is 12.1. The first-order valence-corrected chi connectivity index (χ1v) is 10.6. The smallest absolute Gasteiger partial charge is 0.243 e. The van der Waals surface area contributed by atoms with E-state index in [-0.39, 0.29) is 18.6 Å². The van der Waals surface area contributed by atoms with Crippen molar-refractivity contribution in [2.75, 3.05) is 46.9 Å². The Morgan fingerprint density at radius 3 is 2.76 bits per heavy atom. The van der Waals surface area contributed by atoms with Gasteiger partial charge in [0.25, 0.3) is 0 Å². The summed E-state index contributed by atoms with van der Waals surface area (Å²) in [4.78, 5) is 23.1. The number of guanidine groups is 1. The molecule has 0 aliphatic carbocycles.